The highest BCUT2D eigenvalue weighted by Crippen LogP contribution is 2.16. The molecule has 2 N–H and O–H groups in total. The number of rotatable bonds is 8. The Morgan fingerprint density at radius 2 is 1.07 bits per heavy atom. The Morgan fingerprint density at radius 1 is 0.667 bits per heavy atom. The SMILES string of the molecule is Cc1ccc(OCC(=O)Nc2cccc(NC(=O)COc3ccc(C)cc3)c2)cc1. The number of ether oxygens (including phenoxy) is 2. The minimum absolute atomic E-state index is 0.107. The van der Waals surface area contributed by atoms with Crippen molar-refractivity contribution in [3.8, 4) is 11.5 Å². The Bertz CT molecular complexity index is 920. The molecule has 0 aliphatic carbocycles. The van der Waals surface area contributed by atoms with Gasteiger partial charge in [0, 0.05) is 11.4 Å². The monoisotopic (exact) mass is 404 g/mol. The van der Waals surface area contributed by atoms with Gasteiger partial charge in [-0.3, -0.25) is 9.59 Å². The minimum Gasteiger partial charge on any atom is -0.484 e. The average Bonchev–Trinajstić information content (AvgIpc) is 2.73. The van der Waals surface area contributed by atoms with Gasteiger partial charge in [0.25, 0.3) is 11.8 Å². The van der Waals surface area contributed by atoms with Gasteiger partial charge in [-0.05, 0) is 56.3 Å². The third kappa shape index (κ3) is 6.67. The molecular weight excluding hydrogens is 380 g/mol. The van der Waals surface area contributed by atoms with Gasteiger partial charge in [0.15, 0.2) is 13.2 Å². The van der Waals surface area contributed by atoms with Gasteiger partial charge in [0.2, 0.25) is 0 Å². The van der Waals surface area contributed by atoms with Crippen LogP contribution < -0.4 is 20.1 Å². The summed E-state index contributed by atoms with van der Waals surface area (Å²) in [4.78, 5) is 24.3. The second-order valence-electron chi connectivity index (χ2n) is 6.88. The van der Waals surface area contributed by atoms with Gasteiger partial charge in [-0.15, -0.1) is 0 Å². The van der Waals surface area contributed by atoms with E-state index in [0.29, 0.717) is 22.9 Å². The highest BCUT2D eigenvalue weighted by molar-refractivity contribution is 5.95. The van der Waals surface area contributed by atoms with E-state index in [1.807, 2.05) is 62.4 Å². The van der Waals surface area contributed by atoms with Crippen LogP contribution in [-0.4, -0.2) is 25.0 Å². The van der Waals surface area contributed by atoms with Gasteiger partial charge in [-0.25, -0.2) is 0 Å². The molecule has 0 bridgehead atoms. The van der Waals surface area contributed by atoms with Crippen LogP contribution in [0.2, 0.25) is 0 Å². The normalized spacial score (nSPS) is 10.2. The molecule has 0 unspecified atom stereocenters. The zero-order valence-corrected chi connectivity index (χ0v) is 17.0. The van der Waals surface area contributed by atoms with E-state index >= 15 is 0 Å². The topological polar surface area (TPSA) is 76.7 Å². The minimum atomic E-state index is -0.290. The van der Waals surface area contributed by atoms with Crippen molar-refractivity contribution in [3.05, 3.63) is 83.9 Å². The molecule has 3 aromatic carbocycles. The molecule has 0 saturated carbocycles. The Labute approximate surface area is 175 Å². The summed E-state index contributed by atoms with van der Waals surface area (Å²) < 4.78 is 10.9. The van der Waals surface area contributed by atoms with E-state index in [-0.39, 0.29) is 25.0 Å². The highest BCUT2D eigenvalue weighted by atomic mass is 16.5. The summed E-state index contributed by atoms with van der Waals surface area (Å²) >= 11 is 0. The van der Waals surface area contributed by atoms with Crippen molar-refractivity contribution in [1.29, 1.82) is 0 Å². The van der Waals surface area contributed by atoms with Crippen LogP contribution in [0.5, 0.6) is 11.5 Å². The van der Waals surface area contributed by atoms with Crippen LogP contribution >= 0.6 is 0 Å². The van der Waals surface area contributed by atoms with E-state index < -0.39 is 0 Å². The molecule has 6 nitrogen and oxygen atoms in total. The molecule has 0 aliphatic heterocycles. The average molecular weight is 404 g/mol. The lowest BCUT2D eigenvalue weighted by Gasteiger charge is -2.10. The molecule has 0 heterocycles. The van der Waals surface area contributed by atoms with Crippen LogP contribution in [0.1, 0.15) is 11.1 Å². The summed E-state index contributed by atoms with van der Waals surface area (Å²) in [5, 5.41) is 5.51. The summed E-state index contributed by atoms with van der Waals surface area (Å²) in [6, 6.07) is 21.8. The number of benzene rings is 3. The van der Waals surface area contributed by atoms with Gasteiger partial charge in [-0.1, -0.05) is 41.5 Å². The number of amides is 2. The molecule has 3 rings (SSSR count). The summed E-state index contributed by atoms with van der Waals surface area (Å²) in [7, 11) is 0. The van der Waals surface area contributed by atoms with E-state index in [2.05, 4.69) is 10.6 Å². The number of anilines is 2. The van der Waals surface area contributed by atoms with E-state index in [4.69, 9.17) is 9.47 Å². The van der Waals surface area contributed by atoms with Crippen molar-refractivity contribution in [2.75, 3.05) is 23.8 Å². The standard InChI is InChI=1S/C24H24N2O4/c1-17-6-10-21(11-7-17)29-15-23(27)25-19-4-3-5-20(14-19)26-24(28)16-30-22-12-8-18(2)9-13-22/h3-14H,15-16H2,1-2H3,(H,25,27)(H,26,28). The lowest BCUT2D eigenvalue weighted by Crippen LogP contribution is -2.21. The van der Waals surface area contributed by atoms with Crippen LogP contribution in [0.3, 0.4) is 0 Å². The van der Waals surface area contributed by atoms with Gasteiger partial charge in [0.05, 0.1) is 0 Å². The van der Waals surface area contributed by atoms with Crippen LogP contribution in [0, 0.1) is 13.8 Å². The first-order valence-corrected chi connectivity index (χ1v) is 9.57. The molecule has 30 heavy (non-hydrogen) atoms. The number of carbonyl (C=O) groups excluding carboxylic acids is 2. The molecule has 3 aromatic rings. The Hall–Kier alpha value is -3.80. The number of hydrogen-bond donors (Lipinski definition) is 2. The fourth-order valence-electron chi connectivity index (χ4n) is 2.64. The highest BCUT2D eigenvalue weighted by Gasteiger charge is 2.07. The van der Waals surface area contributed by atoms with Gasteiger partial charge in [-0.2, -0.15) is 0 Å². The molecule has 0 spiro atoms. The van der Waals surface area contributed by atoms with Crippen molar-refractivity contribution in [3.63, 3.8) is 0 Å². The van der Waals surface area contributed by atoms with Gasteiger partial charge < -0.3 is 20.1 Å². The Morgan fingerprint density at radius 3 is 1.47 bits per heavy atom. The fraction of sp³-hybridized carbons (Fsp3) is 0.167. The largest absolute Gasteiger partial charge is 0.484 e. The van der Waals surface area contributed by atoms with Crippen LogP contribution in [0.4, 0.5) is 11.4 Å². The summed E-state index contributed by atoms with van der Waals surface area (Å²) in [5.41, 5.74) is 3.36. The lowest BCUT2D eigenvalue weighted by atomic mass is 10.2. The summed E-state index contributed by atoms with van der Waals surface area (Å²) in [6.07, 6.45) is 0. The maximum atomic E-state index is 12.1. The second kappa shape index (κ2) is 10.1. The molecule has 0 aliphatic rings. The molecule has 154 valence electrons. The van der Waals surface area contributed by atoms with Crippen molar-refractivity contribution >= 4 is 23.2 Å². The van der Waals surface area contributed by atoms with Crippen molar-refractivity contribution in [2.24, 2.45) is 0 Å². The van der Waals surface area contributed by atoms with Crippen LogP contribution in [0.15, 0.2) is 72.8 Å². The molecular formula is C24H24N2O4. The number of aryl methyl sites for hydroxylation is 2. The third-order valence-electron chi connectivity index (χ3n) is 4.21. The molecule has 0 atom stereocenters. The van der Waals surface area contributed by atoms with Gasteiger partial charge >= 0.3 is 0 Å². The van der Waals surface area contributed by atoms with E-state index in [1.165, 1.54) is 0 Å². The maximum absolute atomic E-state index is 12.1. The molecule has 6 heteroatoms. The van der Waals surface area contributed by atoms with E-state index in [9.17, 15) is 9.59 Å². The first kappa shape index (κ1) is 20.9. The Kier molecular flexibility index (Phi) is 7.05. The maximum Gasteiger partial charge on any atom is 0.262 e. The van der Waals surface area contributed by atoms with Crippen molar-refractivity contribution < 1.29 is 19.1 Å². The molecule has 0 fully saturated rings. The molecule has 0 saturated heterocycles. The van der Waals surface area contributed by atoms with Gasteiger partial charge in [0.1, 0.15) is 11.5 Å². The van der Waals surface area contributed by atoms with Crippen molar-refractivity contribution in [1.82, 2.24) is 0 Å². The first-order chi connectivity index (χ1) is 14.5. The Balaban J connectivity index is 1.47. The zero-order valence-electron chi connectivity index (χ0n) is 17.0. The third-order valence-corrected chi connectivity index (χ3v) is 4.21. The first-order valence-electron chi connectivity index (χ1n) is 9.57. The number of hydrogen-bond acceptors (Lipinski definition) is 4. The van der Waals surface area contributed by atoms with Crippen LogP contribution in [-0.2, 0) is 9.59 Å². The summed E-state index contributed by atoms with van der Waals surface area (Å²) in [5.74, 6) is 0.680. The quantitative estimate of drug-likeness (QED) is 0.586. The predicted molar refractivity (Wildman–Crippen MR) is 117 cm³/mol. The smallest absolute Gasteiger partial charge is 0.262 e. The lowest BCUT2D eigenvalue weighted by molar-refractivity contribution is -0.118. The van der Waals surface area contributed by atoms with E-state index in [1.54, 1.807) is 24.3 Å². The van der Waals surface area contributed by atoms with Crippen LogP contribution in [0.25, 0.3) is 0 Å². The molecule has 0 radical (unpaired) electrons. The number of carbonyl (C=O) groups is 2. The van der Waals surface area contributed by atoms with E-state index in [0.717, 1.165) is 11.1 Å². The summed E-state index contributed by atoms with van der Waals surface area (Å²) in [6.45, 7) is 3.75. The number of nitrogens with one attached hydrogen (secondary N) is 2. The molecule has 0 aromatic heterocycles. The fourth-order valence-corrected chi connectivity index (χ4v) is 2.64. The zero-order chi connectivity index (χ0) is 21.3. The predicted octanol–water partition coefficient (Wildman–Crippen LogP) is 4.34. The second-order valence-corrected chi connectivity index (χ2v) is 6.88. The van der Waals surface area contributed by atoms with Crippen molar-refractivity contribution in [2.45, 2.75) is 13.8 Å². The molecule has 2 amide bonds.